The number of carbonyl (C=O) groups is 3. The van der Waals surface area contributed by atoms with Crippen LogP contribution in [0.3, 0.4) is 0 Å². The van der Waals surface area contributed by atoms with Crippen LogP contribution in [0.2, 0.25) is 0 Å². The highest BCUT2D eigenvalue weighted by Crippen LogP contribution is 2.26. The van der Waals surface area contributed by atoms with E-state index in [0.717, 1.165) is 23.4 Å². The van der Waals surface area contributed by atoms with Crippen LogP contribution in [0.25, 0.3) is 0 Å². The number of aliphatic carboxylic acids is 1. The number of amides is 2. The van der Waals surface area contributed by atoms with E-state index < -0.39 is 34.0 Å². The molecule has 2 atom stereocenters. The van der Waals surface area contributed by atoms with Gasteiger partial charge in [-0.25, -0.2) is 13.2 Å². The van der Waals surface area contributed by atoms with Crippen LogP contribution < -0.4 is 21.3 Å². The molecule has 0 saturated carbocycles. The topological polar surface area (TPSA) is 169 Å². The molecule has 2 aliphatic rings. The molecule has 2 aromatic carbocycles. The molecule has 0 aliphatic carbocycles. The van der Waals surface area contributed by atoms with E-state index in [1.165, 1.54) is 12.1 Å². The van der Waals surface area contributed by atoms with E-state index in [-0.39, 0.29) is 23.8 Å². The number of benzene rings is 2. The molecule has 40 heavy (non-hydrogen) atoms. The van der Waals surface area contributed by atoms with E-state index in [4.69, 9.17) is 0 Å². The minimum atomic E-state index is -3.90. The number of nitrogens with one attached hydrogen (secondary N) is 4. The van der Waals surface area contributed by atoms with Gasteiger partial charge in [-0.15, -0.1) is 0 Å². The molecule has 2 amide bonds. The Labute approximate surface area is 233 Å². The molecule has 0 bridgehead atoms. The van der Waals surface area contributed by atoms with Gasteiger partial charge in [-0.1, -0.05) is 30.3 Å². The maximum absolute atomic E-state index is 13.1. The molecule has 1 saturated heterocycles. The van der Waals surface area contributed by atoms with Gasteiger partial charge in [0.25, 0.3) is 0 Å². The highest BCUT2D eigenvalue weighted by molar-refractivity contribution is 7.89. The van der Waals surface area contributed by atoms with Crippen LogP contribution >= 0.6 is 0 Å². The first-order valence-corrected chi connectivity index (χ1v) is 14.7. The molecule has 0 spiro atoms. The fourth-order valence-electron chi connectivity index (χ4n) is 4.64. The molecule has 1 fully saturated rings. The number of hydrogen-bond acceptors (Lipinski definition) is 8. The lowest BCUT2D eigenvalue weighted by atomic mass is 10.0. The summed E-state index contributed by atoms with van der Waals surface area (Å²) in [4.78, 5) is 41.6. The summed E-state index contributed by atoms with van der Waals surface area (Å²) in [5.41, 5.74) is 1.21. The van der Waals surface area contributed by atoms with Crippen LogP contribution in [0, 0.1) is 0 Å². The Kier molecular flexibility index (Phi) is 9.72. The molecule has 4 rings (SSSR count). The van der Waals surface area contributed by atoms with Crippen molar-refractivity contribution in [2.75, 3.05) is 31.5 Å². The average Bonchev–Trinajstić information content (AvgIpc) is 3.65. The van der Waals surface area contributed by atoms with E-state index in [0.29, 0.717) is 43.5 Å². The molecule has 0 radical (unpaired) electrons. The number of nitrogens with zero attached hydrogens (tertiary/aromatic N) is 2. The molecule has 2 aromatic rings. The van der Waals surface area contributed by atoms with Crippen molar-refractivity contribution in [3.05, 3.63) is 60.2 Å². The van der Waals surface area contributed by atoms with Crippen molar-refractivity contribution in [1.82, 2.24) is 20.3 Å². The zero-order valence-corrected chi connectivity index (χ0v) is 22.8. The summed E-state index contributed by atoms with van der Waals surface area (Å²) >= 11 is 0. The lowest BCUT2D eigenvalue weighted by Gasteiger charge is -2.25. The predicted molar refractivity (Wildman–Crippen MR) is 149 cm³/mol. The van der Waals surface area contributed by atoms with Crippen LogP contribution in [-0.2, 0) is 30.8 Å². The van der Waals surface area contributed by atoms with Crippen molar-refractivity contribution < 1.29 is 27.9 Å². The first-order valence-electron chi connectivity index (χ1n) is 13.2. The van der Waals surface area contributed by atoms with E-state index in [1.807, 2.05) is 0 Å². The summed E-state index contributed by atoms with van der Waals surface area (Å²) in [5.74, 6) is -1.25. The van der Waals surface area contributed by atoms with Crippen molar-refractivity contribution >= 4 is 39.5 Å². The molecular formula is C27H34N6O6S. The summed E-state index contributed by atoms with van der Waals surface area (Å²) in [5, 5.41) is 21.3. The summed E-state index contributed by atoms with van der Waals surface area (Å²) in [6.45, 7) is 2.37. The van der Waals surface area contributed by atoms with E-state index in [1.54, 1.807) is 42.5 Å². The minimum Gasteiger partial charge on any atom is -0.480 e. The lowest BCUT2D eigenvalue weighted by Crippen LogP contribution is -2.51. The van der Waals surface area contributed by atoms with Gasteiger partial charge in [0, 0.05) is 38.2 Å². The van der Waals surface area contributed by atoms with E-state index in [2.05, 4.69) is 26.3 Å². The number of rotatable bonds is 12. The number of carboxylic acid groups (broad SMARTS) is 1. The number of aliphatic imine (C=N–C) groups is 1. The lowest BCUT2D eigenvalue weighted by molar-refractivity contribution is -0.142. The Bertz CT molecular complexity index is 1330. The monoisotopic (exact) mass is 570 g/mol. The number of carbonyl (C=O) groups excluding carboxylic acids is 2. The third-order valence-electron chi connectivity index (χ3n) is 6.70. The highest BCUT2D eigenvalue weighted by Gasteiger charge is 2.40. The fourth-order valence-corrected chi connectivity index (χ4v) is 6.32. The van der Waals surface area contributed by atoms with Crippen molar-refractivity contribution in [2.45, 2.75) is 49.1 Å². The van der Waals surface area contributed by atoms with Crippen molar-refractivity contribution in [1.29, 1.82) is 0 Å². The second-order valence-electron chi connectivity index (χ2n) is 9.62. The zero-order chi connectivity index (χ0) is 28.5. The molecule has 0 unspecified atom stereocenters. The molecule has 2 heterocycles. The minimum absolute atomic E-state index is 0.00293. The van der Waals surface area contributed by atoms with Gasteiger partial charge in [-0.3, -0.25) is 14.6 Å². The summed E-state index contributed by atoms with van der Waals surface area (Å²) < 4.78 is 27.3. The molecular weight excluding hydrogens is 536 g/mol. The zero-order valence-electron chi connectivity index (χ0n) is 22.0. The smallest absolute Gasteiger partial charge is 0.326 e. The molecule has 0 aromatic heterocycles. The second kappa shape index (κ2) is 13.4. The predicted octanol–water partition coefficient (Wildman–Crippen LogP) is 0.919. The first-order chi connectivity index (χ1) is 19.2. The van der Waals surface area contributed by atoms with Gasteiger partial charge in [-0.05, 0) is 49.1 Å². The Morgan fingerprint density at radius 1 is 1.10 bits per heavy atom. The van der Waals surface area contributed by atoms with Crippen molar-refractivity contribution in [3.8, 4) is 0 Å². The fraction of sp³-hybridized carbons (Fsp3) is 0.407. The van der Waals surface area contributed by atoms with Gasteiger partial charge in [0.15, 0.2) is 5.96 Å². The number of guanidine groups is 1. The third kappa shape index (κ3) is 7.57. The van der Waals surface area contributed by atoms with Crippen LogP contribution in [0.15, 0.2) is 64.5 Å². The molecule has 214 valence electrons. The van der Waals surface area contributed by atoms with Crippen molar-refractivity contribution in [2.24, 2.45) is 4.99 Å². The quantitative estimate of drug-likeness (QED) is 0.235. The molecule has 13 heteroatoms. The van der Waals surface area contributed by atoms with Gasteiger partial charge in [0.05, 0.1) is 11.4 Å². The number of hydrogen-bond donors (Lipinski definition) is 5. The van der Waals surface area contributed by atoms with Gasteiger partial charge < -0.3 is 26.4 Å². The van der Waals surface area contributed by atoms with Crippen LogP contribution in [0.5, 0.6) is 0 Å². The third-order valence-corrected chi connectivity index (χ3v) is 8.62. The number of sulfonamides is 1. The van der Waals surface area contributed by atoms with E-state index in [9.17, 15) is 27.9 Å². The second-order valence-corrected chi connectivity index (χ2v) is 11.5. The normalized spacial score (nSPS) is 17.9. The molecule has 2 aliphatic heterocycles. The summed E-state index contributed by atoms with van der Waals surface area (Å²) in [6.07, 6.45) is 1.76. The maximum atomic E-state index is 13.1. The van der Waals surface area contributed by atoms with Gasteiger partial charge >= 0.3 is 5.97 Å². The Morgan fingerprint density at radius 3 is 2.52 bits per heavy atom. The SMILES string of the molecule is O=C(CCCNC1=NCCN1)Nc1ccc(C[C@H](NC(=O)[C@@H]2CCCN2S(=O)(=O)c2ccccc2)C(=O)O)cc1. The summed E-state index contributed by atoms with van der Waals surface area (Å²) in [7, 11) is -3.90. The van der Waals surface area contributed by atoms with E-state index >= 15 is 0 Å². The van der Waals surface area contributed by atoms with Gasteiger partial charge in [0.2, 0.25) is 21.8 Å². The first kappa shape index (κ1) is 29.0. The molecule has 5 N–H and O–H groups in total. The summed E-state index contributed by atoms with van der Waals surface area (Å²) in [6, 6.07) is 12.4. The Balaban J connectivity index is 1.29. The number of anilines is 1. The Hall–Kier alpha value is -3.97. The maximum Gasteiger partial charge on any atom is 0.326 e. The number of carboxylic acids is 1. The largest absolute Gasteiger partial charge is 0.480 e. The van der Waals surface area contributed by atoms with Gasteiger partial charge in [-0.2, -0.15) is 4.31 Å². The van der Waals surface area contributed by atoms with Crippen molar-refractivity contribution in [3.63, 3.8) is 0 Å². The standard InChI is InChI=1S/C27H34N6O6S/c34-24(9-4-14-28-27-29-15-16-30-27)31-20-12-10-19(11-13-20)18-22(26(36)37)32-25(35)23-8-5-17-33(23)40(38,39)21-6-2-1-3-7-21/h1-3,6-7,10-13,22-23H,4-5,8-9,14-18H2,(H,31,34)(H,32,35)(H,36,37)(H2,28,29,30)/t22-,23-/m0/s1. The molecule has 12 nitrogen and oxygen atoms in total. The average molecular weight is 571 g/mol. The Morgan fingerprint density at radius 2 is 1.85 bits per heavy atom. The van der Waals surface area contributed by atoms with Crippen LogP contribution in [-0.4, -0.2) is 79.8 Å². The van der Waals surface area contributed by atoms with Crippen LogP contribution in [0.1, 0.15) is 31.2 Å². The highest BCUT2D eigenvalue weighted by atomic mass is 32.2. The van der Waals surface area contributed by atoms with Crippen LogP contribution in [0.4, 0.5) is 5.69 Å². The van der Waals surface area contributed by atoms with Gasteiger partial charge in [0.1, 0.15) is 12.1 Å².